The van der Waals surface area contributed by atoms with Crippen LogP contribution in [0.2, 0.25) is 5.15 Å². The predicted octanol–water partition coefficient (Wildman–Crippen LogP) is 1.31. The van der Waals surface area contributed by atoms with Crippen molar-refractivity contribution in [2.24, 2.45) is 0 Å². The quantitative estimate of drug-likeness (QED) is 0.690. The van der Waals surface area contributed by atoms with Crippen LogP contribution in [0.25, 0.3) is 0 Å². The number of aliphatic hydroxyl groups is 1. The Hall–Kier alpha value is -0.640. The van der Waals surface area contributed by atoms with E-state index in [9.17, 15) is 5.11 Å². The molecule has 2 heterocycles. The van der Waals surface area contributed by atoms with Gasteiger partial charge in [0.05, 0.1) is 5.69 Å². The van der Waals surface area contributed by atoms with Gasteiger partial charge in [-0.3, -0.25) is 0 Å². The number of hydrogen-bond acceptors (Lipinski definition) is 3. The molecule has 0 bridgehead atoms. The second-order valence-corrected chi connectivity index (χ2v) is 4.04. The van der Waals surface area contributed by atoms with Gasteiger partial charge in [-0.25, -0.2) is 4.98 Å². The fourth-order valence-electron chi connectivity index (χ4n) is 1.78. The number of hydrogen-bond donors (Lipinski definition) is 2. The SMILES string of the molecule is OC1(c2cccc(Cl)n2)CCCNC1. The number of piperidine rings is 1. The molecule has 3 nitrogen and oxygen atoms in total. The molecule has 0 radical (unpaired) electrons. The van der Waals surface area contributed by atoms with E-state index in [1.54, 1.807) is 6.07 Å². The van der Waals surface area contributed by atoms with E-state index in [0.29, 0.717) is 17.4 Å². The summed E-state index contributed by atoms with van der Waals surface area (Å²) in [6.07, 6.45) is 1.71. The maximum Gasteiger partial charge on any atom is 0.129 e. The van der Waals surface area contributed by atoms with Crippen LogP contribution in [0.1, 0.15) is 18.5 Å². The molecule has 0 aromatic carbocycles. The van der Waals surface area contributed by atoms with Gasteiger partial charge in [-0.2, -0.15) is 0 Å². The molecule has 1 unspecified atom stereocenters. The van der Waals surface area contributed by atoms with E-state index in [1.165, 1.54) is 0 Å². The first kappa shape index (κ1) is 9.90. The summed E-state index contributed by atoms with van der Waals surface area (Å²) in [6, 6.07) is 5.35. The van der Waals surface area contributed by atoms with Crippen LogP contribution < -0.4 is 5.32 Å². The van der Waals surface area contributed by atoms with Crippen molar-refractivity contribution in [3.8, 4) is 0 Å². The first-order chi connectivity index (χ1) is 6.71. The third kappa shape index (κ3) is 1.90. The van der Waals surface area contributed by atoms with Crippen LogP contribution >= 0.6 is 11.6 Å². The first-order valence-electron chi connectivity index (χ1n) is 4.77. The van der Waals surface area contributed by atoms with Crippen LogP contribution in [-0.4, -0.2) is 23.2 Å². The zero-order valence-corrected chi connectivity index (χ0v) is 8.59. The molecule has 0 amide bonds. The summed E-state index contributed by atoms with van der Waals surface area (Å²) in [4.78, 5) is 4.14. The van der Waals surface area contributed by atoms with E-state index in [1.807, 2.05) is 12.1 Å². The van der Waals surface area contributed by atoms with Crippen molar-refractivity contribution in [3.05, 3.63) is 29.0 Å². The highest BCUT2D eigenvalue weighted by Gasteiger charge is 2.32. The average molecular weight is 213 g/mol. The average Bonchev–Trinajstić information content (AvgIpc) is 2.19. The molecular weight excluding hydrogens is 200 g/mol. The van der Waals surface area contributed by atoms with E-state index < -0.39 is 5.60 Å². The Balaban J connectivity index is 2.28. The minimum absolute atomic E-state index is 0.432. The summed E-state index contributed by atoms with van der Waals surface area (Å²) in [6.45, 7) is 1.52. The molecule has 76 valence electrons. The summed E-state index contributed by atoms with van der Waals surface area (Å²) in [5.74, 6) is 0. The number of aromatic nitrogens is 1. The lowest BCUT2D eigenvalue weighted by molar-refractivity contribution is 0.00825. The van der Waals surface area contributed by atoms with Gasteiger partial charge in [-0.1, -0.05) is 17.7 Å². The summed E-state index contributed by atoms with van der Waals surface area (Å²) >= 11 is 5.78. The van der Waals surface area contributed by atoms with Crippen LogP contribution in [0.4, 0.5) is 0 Å². The van der Waals surface area contributed by atoms with E-state index in [-0.39, 0.29) is 0 Å². The van der Waals surface area contributed by atoms with Crippen molar-refractivity contribution in [1.82, 2.24) is 10.3 Å². The van der Waals surface area contributed by atoms with E-state index in [0.717, 1.165) is 19.4 Å². The Morgan fingerprint density at radius 1 is 1.50 bits per heavy atom. The number of β-amino-alcohol motifs (C(OH)–C–C–N with tert-alkyl or cyclic N) is 1. The molecule has 1 aliphatic rings. The number of pyridine rings is 1. The van der Waals surface area contributed by atoms with Gasteiger partial charge >= 0.3 is 0 Å². The van der Waals surface area contributed by atoms with Crippen LogP contribution in [0, 0.1) is 0 Å². The molecule has 2 N–H and O–H groups in total. The van der Waals surface area contributed by atoms with Gasteiger partial charge in [0.25, 0.3) is 0 Å². The van der Waals surface area contributed by atoms with Crippen LogP contribution in [0.5, 0.6) is 0 Å². The van der Waals surface area contributed by atoms with Crippen molar-refractivity contribution >= 4 is 11.6 Å². The van der Waals surface area contributed by atoms with Crippen LogP contribution in [-0.2, 0) is 5.60 Å². The molecule has 1 saturated heterocycles. The Kier molecular flexibility index (Phi) is 2.72. The lowest BCUT2D eigenvalue weighted by Gasteiger charge is -2.32. The summed E-state index contributed by atoms with van der Waals surface area (Å²) in [5.41, 5.74) is -0.180. The van der Waals surface area contributed by atoms with Gasteiger partial charge in [-0.05, 0) is 31.5 Å². The summed E-state index contributed by atoms with van der Waals surface area (Å²) in [5, 5.41) is 13.9. The molecule has 1 aromatic heterocycles. The molecule has 0 saturated carbocycles. The highest BCUT2D eigenvalue weighted by atomic mass is 35.5. The number of nitrogens with one attached hydrogen (secondary N) is 1. The van der Waals surface area contributed by atoms with Gasteiger partial charge in [0, 0.05) is 6.54 Å². The van der Waals surface area contributed by atoms with Crippen molar-refractivity contribution in [2.45, 2.75) is 18.4 Å². The van der Waals surface area contributed by atoms with Gasteiger partial charge in [0.2, 0.25) is 0 Å². The molecule has 2 rings (SSSR count). The third-order valence-electron chi connectivity index (χ3n) is 2.55. The second kappa shape index (κ2) is 3.85. The Labute approximate surface area is 88.1 Å². The summed E-state index contributed by atoms with van der Waals surface area (Å²) in [7, 11) is 0. The van der Waals surface area contributed by atoms with Crippen LogP contribution in [0.3, 0.4) is 0 Å². The summed E-state index contributed by atoms with van der Waals surface area (Å²) < 4.78 is 0. The van der Waals surface area contributed by atoms with Crippen molar-refractivity contribution in [1.29, 1.82) is 0 Å². The molecule has 1 aromatic rings. The minimum atomic E-state index is -0.844. The largest absolute Gasteiger partial charge is 0.382 e. The molecular formula is C10H13ClN2O. The first-order valence-corrected chi connectivity index (χ1v) is 5.15. The highest BCUT2D eigenvalue weighted by Crippen LogP contribution is 2.27. The Morgan fingerprint density at radius 3 is 3.00 bits per heavy atom. The predicted molar refractivity (Wildman–Crippen MR) is 55.2 cm³/mol. The van der Waals surface area contributed by atoms with Gasteiger partial charge in [-0.15, -0.1) is 0 Å². The molecule has 1 fully saturated rings. The van der Waals surface area contributed by atoms with Crippen molar-refractivity contribution < 1.29 is 5.11 Å². The van der Waals surface area contributed by atoms with E-state index >= 15 is 0 Å². The molecule has 1 atom stereocenters. The lowest BCUT2D eigenvalue weighted by atomic mass is 9.90. The molecule has 0 spiro atoms. The number of rotatable bonds is 1. The van der Waals surface area contributed by atoms with Gasteiger partial charge in [0.1, 0.15) is 10.8 Å². The van der Waals surface area contributed by atoms with E-state index in [4.69, 9.17) is 11.6 Å². The molecule has 1 aliphatic heterocycles. The van der Waals surface area contributed by atoms with Crippen molar-refractivity contribution in [3.63, 3.8) is 0 Å². The fraction of sp³-hybridized carbons (Fsp3) is 0.500. The fourth-order valence-corrected chi connectivity index (χ4v) is 1.94. The maximum absolute atomic E-state index is 10.3. The van der Waals surface area contributed by atoms with Gasteiger partial charge in [0.15, 0.2) is 0 Å². The van der Waals surface area contributed by atoms with Crippen molar-refractivity contribution in [2.75, 3.05) is 13.1 Å². The monoisotopic (exact) mass is 212 g/mol. The Bertz CT molecular complexity index is 324. The zero-order valence-electron chi connectivity index (χ0n) is 7.83. The maximum atomic E-state index is 10.3. The Morgan fingerprint density at radius 2 is 2.36 bits per heavy atom. The molecule has 14 heavy (non-hydrogen) atoms. The number of nitrogens with zero attached hydrogens (tertiary/aromatic N) is 1. The smallest absolute Gasteiger partial charge is 0.129 e. The molecule has 4 heteroatoms. The minimum Gasteiger partial charge on any atom is -0.382 e. The molecule has 0 aliphatic carbocycles. The zero-order chi connectivity index (χ0) is 10.0. The number of halogens is 1. The normalized spacial score (nSPS) is 27.6. The topological polar surface area (TPSA) is 45.2 Å². The second-order valence-electron chi connectivity index (χ2n) is 3.66. The lowest BCUT2D eigenvalue weighted by Crippen LogP contribution is -2.43. The highest BCUT2D eigenvalue weighted by molar-refractivity contribution is 6.29. The van der Waals surface area contributed by atoms with Gasteiger partial charge < -0.3 is 10.4 Å². The standard InChI is InChI=1S/C10H13ClN2O/c11-9-4-1-3-8(13-9)10(14)5-2-6-12-7-10/h1,3-4,12,14H,2,5-7H2. The third-order valence-corrected chi connectivity index (χ3v) is 2.76. The van der Waals surface area contributed by atoms with E-state index in [2.05, 4.69) is 10.3 Å². The van der Waals surface area contributed by atoms with Crippen LogP contribution in [0.15, 0.2) is 18.2 Å².